The van der Waals surface area contributed by atoms with Gasteiger partial charge in [0.2, 0.25) is 0 Å². The maximum absolute atomic E-state index is 14.4. The maximum atomic E-state index is 14.4. The van der Waals surface area contributed by atoms with E-state index in [-0.39, 0.29) is 23.6 Å². The van der Waals surface area contributed by atoms with Gasteiger partial charge in [-0.25, -0.2) is 4.98 Å². The number of nitrogens with zero attached hydrogens (tertiary/aromatic N) is 3. The summed E-state index contributed by atoms with van der Waals surface area (Å²) in [5.41, 5.74) is 4.11. The Morgan fingerprint density at radius 3 is 2.56 bits per heavy atom. The summed E-state index contributed by atoms with van der Waals surface area (Å²) in [6.45, 7) is 8.12. The number of aryl methyl sites for hydroxylation is 2. The van der Waals surface area contributed by atoms with E-state index in [1.165, 1.54) is 0 Å². The first kappa shape index (κ1) is 25.2. The number of nitrogens with one attached hydrogen (secondary N) is 1. The van der Waals surface area contributed by atoms with Gasteiger partial charge in [0.15, 0.2) is 11.2 Å². The molecule has 1 spiro atoms. The molecule has 2 aliphatic rings. The number of aromatic nitrogens is 2. The number of methoxy groups -OCH3 is 1. The van der Waals surface area contributed by atoms with Crippen LogP contribution in [0.2, 0.25) is 5.02 Å². The lowest BCUT2D eigenvalue weighted by molar-refractivity contribution is -0.119. The number of ether oxygens (including phenoxy) is 1. The number of carbonyl (C=O) groups excluding carboxylic acids is 2. The van der Waals surface area contributed by atoms with Crippen LogP contribution < -0.4 is 15.0 Å². The van der Waals surface area contributed by atoms with Crippen molar-refractivity contribution in [1.82, 2.24) is 9.55 Å². The van der Waals surface area contributed by atoms with Gasteiger partial charge in [-0.1, -0.05) is 42.8 Å². The molecule has 198 valence electrons. The molecule has 1 unspecified atom stereocenters. The van der Waals surface area contributed by atoms with E-state index in [2.05, 4.69) is 12.2 Å². The van der Waals surface area contributed by atoms with E-state index in [0.29, 0.717) is 39.2 Å². The fourth-order valence-electron chi connectivity index (χ4n) is 5.92. The predicted molar refractivity (Wildman–Crippen MR) is 153 cm³/mol. The van der Waals surface area contributed by atoms with E-state index < -0.39 is 5.54 Å². The van der Waals surface area contributed by atoms with Crippen LogP contribution >= 0.6 is 11.6 Å². The van der Waals surface area contributed by atoms with E-state index in [0.717, 1.165) is 23.1 Å². The molecule has 6 rings (SSSR count). The first-order valence-corrected chi connectivity index (χ1v) is 13.4. The SMILES string of the molecule is CCc1ccc(-c2nc3c(n2C(C)C)C2(C(=O)Nc4cc(C)ccc42)N(c2cccc(Cl)c2)C3=O)c(OC)c1. The van der Waals surface area contributed by atoms with Gasteiger partial charge < -0.3 is 14.6 Å². The van der Waals surface area contributed by atoms with Gasteiger partial charge in [0.25, 0.3) is 11.8 Å². The fraction of sp³-hybridized carbons (Fsp3) is 0.258. The summed E-state index contributed by atoms with van der Waals surface area (Å²) in [4.78, 5) is 35.1. The topological polar surface area (TPSA) is 76.5 Å². The summed E-state index contributed by atoms with van der Waals surface area (Å²) in [6, 6.07) is 18.7. The summed E-state index contributed by atoms with van der Waals surface area (Å²) >= 11 is 6.38. The minimum atomic E-state index is -1.47. The van der Waals surface area contributed by atoms with Crippen LogP contribution in [-0.2, 0) is 16.8 Å². The van der Waals surface area contributed by atoms with E-state index in [9.17, 15) is 9.59 Å². The summed E-state index contributed by atoms with van der Waals surface area (Å²) < 4.78 is 7.78. The van der Waals surface area contributed by atoms with Gasteiger partial charge in [-0.2, -0.15) is 0 Å². The Bertz CT molecular complexity index is 1670. The third-order valence-corrected chi connectivity index (χ3v) is 7.87. The van der Waals surface area contributed by atoms with E-state index in [1.54, 1.807) is 36.3 Å². The highest BCUT2D eigenvalue weighted by Gasteiger charge is 2.64. The van der Waals surface area contributed by atoms with Crippen LogP contribution in [0.3, 0.4) is 0 Å². The van der Waals surface area contributed by atoms with Crippen molar-refractivity contribution in [2.24, 2.45) is 0 Å². The zero-order valence-corrected chi connectivity index (χ0v) is 23.3. The molecule has 0 fully saturated rings. The zero-order valence-electron chi connectivity index (χ0n) is 22.5. The molecule has 1 aromatic heterocycles. The molecule has 4 aromatic rings. The van der Waals surface area contributed by atoms with Gasteiger partial charge in [-0.15, -0.1) is 0 Å². The van der Waals surface area contributed by atoms with E-state index in [4.69, 9.17) is 21.3 Å². The molecule has 2 aliphatic heterocycles. The van der Waals surface area contributed by atoms with Gasteiger partial charge in [0.1, 0.15) is 11.6 Å². The Hall–Kier alpha value is -4.10. The van der Waals surface area contributed by atoms with E-state index in [1.807, 2.05) is 61.7 Å². The molecular weight excluding hydrogens is 512 g/mol. The highest BCUT2D eigenvalue weighted by Crippen LogP contribution is 2.54. The number of hydrogen-bond acceptors (Lipinski definition) is 4. The molecule has 0 saturated carbocycles. The van der Waals surface area contributed by atoms with E-state index >= 15 is 0 Å². The zero-order chi connectivity index (χ0) is 27.6. The van der Waals surface area contributed by atoms with Crippen LogP contribution in [0.1, 0.15) is 59.7 Å². The standard InChI is InChI=1S/C31H29ClN4O3/c1-6-19-11-12-22(25(15-19)39-5)28-34-26-27(35(28)17(2)3)31(23-13-10-18(4)14-24(23)33-30(31)38)36(29(26)37)21-9-7-8-20(32)16-21/h7-17H,6H2,1-5H3,(H,33,38). The minimum absolute atomic E-state index is 0.127. The van der Waals surface area contributed by atoms with Crippen LogP contribution in [-0.4, -0.2) is 28.5 Å². The molecule has 39 heavy (non-hydrogen) atoms. The minimum Gasteiger partial charge on any atom is -0.496 e. The Morgan fingerprint density at radius 1 is 1.08 bits per heavy atom. The number of halogens is 1. The smallest absolute Gasteiger partial charge is 0.280 e. The molecule has 3 heterocycles. The number of rotatable bonds is 5. The third-order valence-electron chi connectivity index (χ3n) is 7.63. The van der Waals surface area contributed by atoms with Crippen molar-refractivity contribution in [3.63, 3.8) is 0 Å². The van der Waals surface area contributed by atoms with Gasteiger partial charge in [0, 0.05) is 28.0 Å². The van der Waals surface area contributed by atoms with Crippen LogP contribution in [0, 0.1) is 6.92 Å². The highest BCUT2D eigenvalue weighted by molar-refractivity contribution is 6.31. The second-order valence-corrected chi connectivity index (χ2v) is 10.8. The molecule has 8 heteroatoms. The van der Waals surface area contributed by atoms with Crippen molar-refractivity contribution in [3.8, 4) is 17.1 Å². The summed E-state index contributed by atoms with van der Waals surface area (Å²) in [5.74, 6) is 0.582. The summed E-state index contributed by atoms with van der Waals surface area (Å²) in [6.07, 6.45) is 0.859. The molecule has 3 aromatic carbocycles. The monoisotopic (exact) mass is 540 g/mol. The van der Waals surface area contributed by atoms with Crippen molar-refractivity contribution in [2.75, 3.05) is 17.3 Å². The second kappa shape index (κ2) is 8.99. The van der Waals surface area contributed by atoms with Gasteiger partial charge in [-0.3, -0.25) is 14.5 Å². The maximum Gasteiger partial charge on any atom is 0.280 e. The van der Waals surface area contributed by atoms with Crippen LogP contribution in [0.4, 0.5) is 11.4 Å². The molecule has 0 aliphatic carbocycles. The molecular formula is C31H29ClN4O3. The van der Waals surface area contributed by atoms with Crippen LogP contribution in [0.5, 0.6) is 5.75 Å². The van der Waals surface area contributed by atoms with Gasteiger partial charge >= 0.3 is 0 Å². The van der Waals surface area contributed by atoms with Crippen molar-refractivity contribution >= 4 is 34.8 Å². The van der Waals surface area contributed by atoms with Crippen LogP contribution in [0.25, 0.3) is 11.4 Å². The molecule has 7 nitrogen and oxygen atoms in total. The van der Waals surface area contributed by atoms with Gasteiger partial charge in [-0.05, 0) is 74.7 Å². The lowest BCUT2D eigenvalue weighted by Crippen LogP contribution is -2.51. The first-order chi connectivity index (χ1) is 18.7. The number of amides is 2. The average molecular weight is 541 g/mol. The van der Waals surface area contributed by atoms with Crippen molar-refractivity contribution < 1.29 is 14.3 Å². The molecule has 2 amide bonds. The molecule has 0 radical (unpaired) electrons. The Morgan fingerprint density at radius 2 is 1.87 bits per heavy atom. The summed E-state index contributed by atoms with van der Waals surface area (Å²) in [5, 5.41) is 3.54. The second-order valence-electron chi connectivity index (χ2n) is 10.3. The normalized spacial score (nSPS) is 17.7. The molecule has 1 N–H and O–H groups in total. The molecule has 1 atom stereocenters. The first-order valence-electron chi connectivity index (χ1n) is 13.0. The number of fused-ring (bicyclic) bond motifs is 4. The Labute approximate surface area is 232 Å². The highest BCUT2D eigenvalue weighted by atomic mass is 35.5. The number of imidazole rings is 1. The third kappa shape index (κ3) is 3.46. The lowest BCUT2D eigenvalue weighted by Gasteiger charge is -2.35. The quantitative estimate of drug-likeness (QED) is 0.312. The van der Waals surface area contributed by atoms with Crippen molar-refractivity contribution in [3.05, 3.63) is 93.8 Å². The Kier molecular flexibility index (Phi) is 5.81. The van der Waals surface area contributed by atoms with Crippen LogP contribution in [0.15, 0.2) is 60.7 Å². The van der Waals surface area contributed by atoms with Crippen molar-refractivity contribution in [1.29, 1.82) is 0 Å². The number of benzene rings is 3. The summed E-state index contributed by atoms with van der Waals surface area (Å²) in [7, 11) is 1.63. The number of carbonyl (C=O) groups is 2. The molecule has 0 saturated heterocycles. The largest absolute Gasteiger partial charge is 0.496 e. The number of hydrogen-bond donors (Lipinski definition) is 1. The van der Waals surface area contributed by atoms with Crippen molar-refractivity contribution in [2.45, 2.75) is 45.7 Å². The number of anilines is 2. The Balaban J connectivity index is 1.71. The average Bonchev–Trinajstić information content (AvgIpc) is 3.52. The van der Waals surface area contributed by atoms with Gasteiger partial charge in [0.05, 0.1) is 18.4 Å². The lowest BCUT2D eigenvalue weighted by atomic mass is 9.86. The predicted octanol–water partition coefficient (Wildman–Crippen LogP) is 6.52. The fourth-order valence-corrected chi connectivity index (χ4v) is 6.10. The molecule has 0 bridgehead atoms.